The lowest BCUT2D eigenvalue weighted by atomic mass is 9.94. The predicted molar refractivity (Wildman–Crippen MR) is 80.7 cm³/mol. The minimum absolute atomic E-state index is 0.250. The minimum Gasteiger partial charge on any atom is -0.335 e. The van der Waals surface area contributed by atoms with Crippen molar-refractivity contribution in [3.05, 3.63) is 34.9 Å². The molecule has 20 heavy (non-hydrogen) atoms. The molecular weight excluding hydrogens is 248 g/mol. The van der Waals surface area contributed by atoms with Crippen molar-refractivity contribution in [3.8, 4) is 0 Å². The van der Waals surface area contributed by atoms with Gasteiger partial charge in [-0.3, -0.25) is 4.79 Å². The number of nitrogens with one attached hydrogen (secondary N) is 1. The van der Waals surface area contributed by atoms with Gasteiger partial charge in [-0.05, 0) is 48.9 Å². The molecule has 2 aliphatic rings. The van der Waals surface area contributed by atoms with Gasteiger partial charge in [-0.1, -0.05) is 26.0 Å². The van der Waals surface area contributed by atoms with Crippen LogP contribution in [0.3, 0.4) is 0 Å². The number of hydrogen-bond acceptors (Lipinski definition) is 2. The Hall–Kier alpha value is -1.35. The summed E-state index contributed by atoms with van der Waals surface area (Å²) in [6, 6.07) is 6.67. The molecule has 3 rings (SSSR count). The maximum atomic E-state index is 12.9. The molecule has 3 heteroatoms. The third-order valence-corrected chi connectivity index (χ3v) is 4.18. The number of carbonyl (C=O) groups excluding carboxylic acids is 1. The number of nitrogens with zero attached hydrogens (tertiary/aromatic N) is 1. The van der Waals surface area contributed by atoms with E-state index in [4.69, 9.17) is 0 Å². The molecule has 1 aliphatic heterocycles. The number of fused-ring (bicyclic) bond motifs is 1. The molecule has 1 aromatic rings. The van der Waals surface area contributed by atoms with Crippen LogP contribution in [-0.4, -0.2) is 29.9 Å². The molecule has 0 saturated heterocycles. The summed E-state index contributed by atoms with van der Waals surface area (Å²) >= 11 is 0. The van der Waals surface area contributed by atoms with Crippen molar-refractivity contribution < 1.29 is 4.79 Å². The van der Waals surface area contributed by atoms with Gasteiger partial charge in [-0.2, -0.15) is 0 Å². The van der Waals surface area contributed by atoms with Crippen LogP contribution in [0.4, 0.5) is 0 Å². The van der Waals surface area contributed by atoms with Crippen molar-refractivity contribution in [1.82, 2.24) is 10.2 Å². The SMILES string of the molecule is CC(C)CN(C(=O)c1cccc2c1CCNC2)C1CC1. The van der Waals surface area contributed by atoms with Crippen LogP contribution >= 0.6 is 0 Å². The predicted octanol–water partition coefficient (Wildman–Crippen LogP) is 2.59. The Kier molecular flexibility index (Phi) is 3.79. The van der Waals surface area contributed by atoms with Crippen LogP contribution in [-0.2, 0) is 13.0 Å². The van der Waals surface area contributed by atoms with Crippen LogP contribution in [0.2, 0.25) is 0 Å². The number of amides is 1. The lowest BCUT2D eigenvalue weighted by molar-refractivity contribution is 0.0721. The van der Waals surface area contributed by atoms with Crippen molar-refractivity contribution in [3.63, 3.8) is 0 Å². The molecule has 0 unspecified atom stereocenters. The fraction of sp³-hybridized carbons (Fsp3) is 0.588. The monoisotopic (exact) mass is 272 g/mol. The van der Waals surface area contributed by atoms with Gasteiger partial charge in [0.25, 0.3) is 5.91 Å². The average molecular weight is 272 g/mol. The minimum atomic E-state index is 0.250. The maximum absolute atomic E-state index is 12.9. The van der Waals surface area contributed by atoms with Gasteiger partial charge in [0.1, 0.15) is 0 Å². The summed E-state index contributed by atoms with van der Waals surface area (Å²) in [5.74, 6) is 0.778. The molecule has 1 heterocycles. The van der Waals surface area contributed by atoms with Gasteiger partial charge in [0, 0.05) is 24.7 Å². The lowest BCUT2D eigenvalue weighted by Crippen LogP contribution is -2.37. The number of hydrogen-bond donors (Lipinski definition) is 1. The highest BCUT2D eigenvalue weighted by Gasteiger charge is 2.34. The normalized spacial score (nSPS) is 17.9. The molecule has 0 atom stereocenters. The van der Waals surface area contributed by atoms with Crippen LogP contribution in [0.25, 0.3) is 0 Å². The van der Waals surface area contributed by atoms with Gasteiger partial charge in [0.15, 0.2) is 0 Å². The van der Waals surface area contributed by atoms with Crippen molar-refractivity contribution >= 4 is 5.91 Å². The first-order valence-electron chi connectivity index (χ1n) is 7.79. The molecule has 1 aromatic carbocycles. The van der Waals surface area contributed by atoms with Gasteiger partial charge in [-0.25, -0.2) is 0 Å². The van der Waals surface area contributed by atoms with E-state index in [9.17, 15) is 4.79 Å². The zero-order chi connectivity index (χ0) is 14.1. The maximum Gasteiger partial charge on any atom is 0.254 e. The van der Waals surface area contributed by atoms with E-state index in [1.165, 1.54) is 24.0 Å². The molecule has 1 amide bonds. The van der Waals surface area contributed by atoms with Crippen LogP contribution in [0.15, 0.2) is 18.2 Å². The molecule has 0 radical (unpaired) electrons. The zero-order valence-corrected chi connectivity index (χ0v) is 12.5. The fourth-order valence-corrected chi connectivity index (χ4v) is 3.06. The summed E-state index contributed by atoms with van der Waals surface area (Å²) < 4.78 is 0. The largest absolute Gasteiger partial charge is 0.335 e. The van der Waals surface area contributed by atoms with E-state index in [1.807, 2.05) is 12.1 Å². The first-order valence-corrected chi connectivity index (χ1v) is 7.79. The Morgan fingerprint density at radius 2 is 2.20 bits per heavy atom. The Morgan fingerprint density at radius 1 is 1.40 bits per heavy atom. The van der Waals surface area contributed by atoms with Gasteiger partial charge in [0.05, 0.1) is 0 Å². The van der Waals surface area contributed by atoms with E-state index in [0.29, 0.717) is 12.0 Å². The zero-order valence-electron chi connectivity index (χ0n) is 12.5. The van der Waals surface area contributed by atoms with Crippen molar-refractivity contribution in [2.75, 3.05) is 13.1 Å². The highest BCUT2D eigenvalue weighted by Crippen LogP contribution is 2.30. The Morgan fingerprint density at radius 3 is 2.90 bits per heavy atom. The average Bonchev–Trinajstić information content (AvgIpc) is 3.28. The summed E-state index contributed by atoms with van der Waals surface area (Å²) in [4.78, 5) is 15.1. The van der Waals surface area contributed by atoms with Gasteiger partial charge < -0.3 is 10.2 Å². The van der Waals surface area contributed by atoms with Crippen LogP contribution in [0.5, 0.6) is 0 Å². The van der Waals surface area contributed by atoms with E-state index < -0.39 is 0 Å². The summed E-state index contributed by atoms with van der Waals surface area (Å²) in [5.41, 5.74) is 3.50. The van der Waals surface area contributed by atoms with Crippen molar-refractivity contribution in [2.24, 2.45) is 5.92 Å². The Balaban J connectivity index is 1.89. The summed E-state index contributed by atoms with van der Waals surface area (Å²) in [5, 5.41) is 3.38. The van der Waals surface area contributed by atoms with E-state index >= 15 is 0 Å². The third kappa shape index (κ3) is 2.73. The second-order valence-corrected chi connectivity index (χ2v) is 6.45. The smallest absolute Gasteiger partial charge is 0.254 e. The van der Waals surface area contributed by atoms with Crippen LogP contribution in [0, 0.1) is 5.92 Å². The first kappa shape index (κ1) is 13.6. The quantitative estimate of drug-likeness (QED) is 0.913. The van der Waals surface area contributed by atoms with E-state index in [0.717, 1.165) is 31.6 Å². The number of rotatable bonds is 4. The number of carbonyl (C=O) groups is 1. The van der Waals surface area contributed by atoms with Crippen LogP contribution in [0.1, 0.15) is 48.2 Å². The van der Waals surface area contributed by atoms with Crippen molar-refractivity contribution in [1.29, 1.82) is 0 Å². The fourth-order valence-electron chi connectivity index (χ4n) is 3.06. The van der Waals surface area contributed by atoms with Crippen LogP contribution < -0.4 is 5.32 Å². The second kappa shape index (κ2) is 5.57. The molecule has 1 aliphatic carbocycles. The van der Waals surface area contributed by atoms with E-state index in [2.05, 4.69) is 30.1 Å². The molecule has 108 valence electrons. The molecule has 3 nitrogen and oxygen atoms in total. The lowest BCUT2D eigenvalue weighted by Gasteiger charge is -2.27. The highest BCUT2D eigenvalue weighted by atomic mass is 16.2. The summed E-state index contributed by atoms with van der Waals surface area (Å²) in [6.07, 6.45) is 3.32. The van der Waals surface area contributed by atoms with E-state index in [1.54, 1.807) is 0 Å². The third-order valence-electron chi connectivity index (χ3n) is 4.18. The van der Waals surface area contributed by atoms with Gasteiger partial charge >= 0.3 is 0 Å². The summed E-state index contributed by atoms with van der Waals surface area (Å²) in [6.45, 7) is 7.13. The molecule has 1 N–H and O–H groups in total. The Bertz CT molecular complexity index is 506. The van der Waals surface area contributed by atoms with Gasteiger partial charge in [0.2, 0.25) is 0 Å². The molecule has 0 aromatic heterocycles. The second-order valence-electron chi connectivity index (χ2n) is 6.45. The molecule has 1 saturated carbocycles. The topological polar surface area (TPSA) is 32.3 Å². The molecule has 0 spiro atoms. The van der Waals surface area contributed by atoms with E-state index in [-0.39, 0.29) is 5.91 Å². The Labute approximate surface area is 121 Å². The summed E-state index contributed by atoms with van der Waals surface area (Å²) in [7, 11) is 0. The first-order chi connectivity index (χ1) is 9.66. The number of benzene rings is 1. The molecule has 0 bridgehead atoms. The highest BCUT2D eigenvalue weighted by molar-refractivity contribution is 5.96. The molecular formula is C17H24N2O. The standard InChI is InChI=1S/C17H24N2O/c1-12(2)11-19(14-6-7-14)17(20)16-5-3-4-13-10-18-9-8-15(13)16/h3-5,12,14,18H,6-11H2,1-2H3. The van der Waals surface area contributed by atoms with Crippen molar-refractivity contribution in [2.45, 2.75) is 45.7 Å². The van der Waals surface area contributed by atoms with Gasteiger partial charge in [-0.15, -0.1) is 0 Å². The molecule has 1 fully saturated rings.